The second-order valence-electron chi connectivity index (χ2n) is 7.38. The smallest absolute Gasteiger partial charge is 0.330 e. The first-order chi connectivity index (χ1) is 15.8. The van der Waals surface area contributed by atoms with Gasteiger partial charge in [0.2, 0.25) is 0 Å². The summed E-state index contributed by atoms with van der Waals surface area (Å²) in [6.07, 6.45) is 5.27. The molecule has 7 nitrogen and oxygen atoms in total. The highest BCUT2D eigenvalue weighted by molar-refractivity contribution is 5.96. The predicted molar refractivity (Wildman–Crippen MR) is 121 cm³/mol. The number of aliphatic hydroxyl groups excluding tert-OH is 1. The van der Waals surface area contributed by atoms with Gasteiger partial charge in [-0.25, -0.2) is 4.79 Å². The van der Waals surface area contributed by atoms with Crippen molar-refractivity contribution >= 4 is 16.7 Å². The van der Waals surface area contributed by atoms with E-state index in [1.54, 1.807) is 0 Å². The van der Waals surface area contributed by atoms with Crippen molar-refractivity contribution in [2.75, 3.05) is 52.9 Å². The summed E-state index contributed by atoms with van der Waals surface area (Å²) < 4.78 is 28.0. The standard InChI is InChI=1S/C25H32O7/c1-2-23(27)30-17-15-28-13-14-29-16-18-32-25-21-9-5-3-7-19(21)24(31-12-11-26)20-8-4-6-10-22(20)25/h2-3,5,7,9,26H,1,4,6,8,10-18H2. The molecule has 2 aromatic carbocycles. The third-order valence-corrected chi connectivity index (χ3v) is 5.25. The molecule has 0 heterocycles. The van der Waals surface area contributed by atoms with Crippen LogP contribution in [0.1, 0.15) is 24.0 Å². The molecule has 1 N–H and O–H groups in total. The molecule has 0 saturated heterocycles. The number of benzene rings is 2. The monoisotopic (exact) mass is 444 g/mol. The van der Waals surface area contributed by atoms with Crippen molar-refractivity contribution in [2.45, 2.75) is 25.7 Å². The zero-order valence-corrected chi connectivity index (χ0v) is 18.5. The summed E-state index contributed by atoms with van der Waals surface area (Å²) in [4.78, 5) is 10.9. The lowest BCUT2D eigenvalue weighted by Gasteiger charge is -2.25. The second kappa shape index (κ2) is 13.1. The van der Waals surface area contributed by atoms with Gasteiger partial charge in [0.15, 0.2) is 0 Å². The van der Waals surface area contributed by atoms with Gasteiger partial charge in [0, 0.05) is 28.0 Å². The van der Waals surface area contributed by atoms with Gasteiger partial charge in [0.05, 0.1) is 33.0 Å². The van der Waals surface area contributed by atoms with E-state index in [-0.39, 0.29) is 19.8 Å². The van der Waals surface area contributed by atoms with Gasteiger partial charge >= 0.3 is 5.97 Å². The fraction of sp³-hybridized carbons (Fsp3) is 0.480. The summed E-state index contributed by atoms with van der Waals surface area (Å²) in [7, 11) is 0. The molecular weight excluding hydrogens is 412 g/mol. The first kappa shape index (κ1) is 24.0. The van der Waals surface area contributed by atoms with Crippen LogP contribution in [0.4, 0.5) is 0 Å². The van der Waals surface area contributed by atoms with Crippen LogP contribution < -0.4 is 9.47 Å². The molecule has 0 bridgehead atoms. The predicted octanol–water partition coefficient (Wildman–Crippen LogP) is 3.23. The minimum Gasteiger partial charge on any atom is -0.490 e. The SMILES string of the molecule is C=CC(=O)OCCOCCOCCOc1c2c(c(OCCO)c3ccccc13)CCCC2. The van der Waals surface area contributed by atoms with Crippen LogP contribution in [0.2, 0.25) is 0 Å². The third-order valence-electron chi connectivity index (χ3n) is 5.25. The number of aliphatic hydroxyl groups is 1. The Hall–Kier alpha value is -2.61. The van der Waals surface area contributed by atoms with E-state index in [4.69, 9.17) is 23.7 Å². The number of ether oxygens (including phenoxy) is 5. The number of carbonyl (C=O) groups is 1. The molecule has 0 amide bonds. The molecule has 0 saturated carbocycles. The van der Waals surface area contributed by atoms with Gasteiger partial charge in [0.1, 0.15) is 31.3 Å². The van der Waals surface area contributed by atoms with E-state index >= 15 is 0 Å². The Morgan fingerprint density at radius 3 is 1.94 bits per heavy atom. The molecule has 174 valence electrons. The van der Waals surface area contributed by atoms with Gasteiger partial charge in [0.25, 0.3) is 0 Å². The molecule has 0 aromatic heterocycles. The van der Waals surface area contributed by atoms with Crippen LogP contribution in [-0.4, -0.2) is 63.9 Å². The fourth-order valence-electron chi connectivity index (χ4n) is 3.87. The molecule has 0 aliphatic heterocycles. The van der Waals surface area contributed by atoms with Crippen molar-refractivity contribution < 1.29 is 33.6 Å². The number of esters is 1. The van der Waals surface area contributed by atoms with E-state index < -0.39 is 5.97 Å². The van der Waals surface area contributed by atoms with E-state index in [1.165, 1.54) is 11.1 Å². The molecule has 1 aliphatic rings. The average molecular weight is 445 g/mol. The molecule has 0 unspecified atom stereocenters. The lowest BCUT2D eigenvalue weighted by molar-refractivity contribution is -0.139. The number of hydrogen-bond acceptors (Lipinski definition) is 7. The molecule has 32 heavy (non-hydrogen) atoms. The fourth-order valence-corrected chi connectivity index (χ4v) is 3.87. The molecule has 0 atom stereocenters. The van der Waals surface area contributed by atoms with E-state index in [9.17, 15) is 9.90 Å². The Bertz CT molecular complexity index is 893. The normalized spacial score (nSPS) is 12.9. The van der Waals surface area contributed by atoms with Crippen molar-refractivity contribution in [1.82, 2.24) is 0 Å². The van der Waals surface area contributed by atoms with Crippen molar-refractivity contribution in [3.63, 3.8) is 0 Å². The number of carbonyl (C=O) groups excluding carboxylic acids is 1. The van der Waals surface area contributed by atoms with Crippen LogP contribution in [0.5, 0.6) is 11.5 Å². The van der Waals surface area contributed by atoms with E-state index in [0.717, 1.165) is 54.0 Å². The van der Waals surface area contributed by atoms with Crippen LogP contribution >= 0.6 is 0 Å². The highest BCUT2D eigenvalue weighted by Gasteiger charge is 2.23. The van der Waals surface area contributed by atoms with Crippen LogP contribution in [0, 0.1) is 0 Å². The van der Waals surface area contributed by atoms with Crippen LogP contribution in [0.25, 0.3) is 10.8 Å². The van der Waals surface area contributed by atoms with Crippen molar-refractivity contribution in [2.24, 2.45) is 0 Å². The van der Waals surface area contributed by atoms with E-state index in [2.05, 4.69) is 12.6 Å². The Balaban J connectivity index is 1.54. The van der Waals surface area contributed by atoms with Gasteiger partial charge in [-0.2, -0.15) is 0 Å². The van der Waals surface area contributed by atoms with Crippen molar-refractivity contribution in [3.8, 4) is 11.5 Å². The van der Waals surface area contributed by atoms with Gasteiger partial charge in [-0.15, -0.1) is 0 Å². The minimum atomic E-state index is -0.454. The minimum absolute atomic E-state index is 0.0115. The molecular formula is C25H32O7. The van der Waals surface area contributed by atoms with Gasteiger partial charge in [-0.3, -0.25) is 0 Å². The maximum Gasteiger partial charge on any atom is 0.330 e. The average Bonchev–Trinajstić information content (AvgIpc) is 2.83. The maximum atomic E-state index is 10.9. The summed E-state index contributed by atoms with van der Waals surface area (Å²) in [5, 5.41) is 11.3. The largest absolute Gasteiger partial charge is 0.490 e. The molecule has 0 spiro atoms. The van der Waals surface area contributed by atoms with Crippen LogP contribution in [0.15, 0.2) is 36.9 Å². The quantitative estimate of drug-likeness (QED) is 0.272. The summed E-state index contributed by atoms with van der Waals surface area (Å²) in [6, 6.07) is 8.10. The Morgan fingerprint density at radius 2 is 1.38 bits per heavy atom. The van der Waals surface area contributed by atoms with Crippen molar-refractivity contribution in [1.29, 1.82) is 0 Å². The van der Waals surface area contributed by atoms with Crippen LogP contribution in [-0.2, 0) is 31.8 Å². The summed E-state index contributed by atoms with van der Waals surface area (Å²) >= 11 is 0. The Kier molecular flexibility index (Phi) is 9.81. The summed E-state index contributed by atoms with van der Waals surface area (Å²) in [5.74, 6) is 1.34. The molecule has 3 rings (SSSR count). The van der Waals surface area contributed by atoms with Gasteiger partial charge in [-0.1, -0.05) is 30.8 Å². The topological polar surface area (TPSA) is 83.5 Å². The molecule has 0 radical (unpaired) electrons. The first-order valence-corrected chi connectivity index (χ1v) is 11.1. The van der Waals surface area contributed by atoms with Gasteiger partial charge < -0.3 is 28.8 Å². The number of fused-ring (bicyclic) bond motifs is 2. The van der Waals surface area contributed by atoms with Gasteiger partial charge in [-0.05, 0) is 25.7 Å². The zero-order valence-electron chi connectivity index (χ0n) is 18.5. The molecule has 0 fully saturated rings. The second-order valence-corrected chi connectivity index (χ2v) is 7.38. The third kappa shape index (κ3) is 6.45. The van der Waals surface area contributed by atoms with E-state index in [0.29, 0.717) is 33.0 Å². The molecule has 1 aliphatic carbocycles. The van der Waals surface area contributed by atoms with Crippen molar-refractivity contribution in [3.05, 3.63) is 48.0 Å². The van der Waals surface area contributed by atoms with Crippen LogP contribution in [0.3, 0.4) is 0 Å². The Morgan fingerprint density at radius 1 is 0.844 bits per heavy atom. The lowest BCUT2D eigenvalue weighted by atomic mass is 9.87. The number of hydrogen-bond donors (Lipinski definition) is 1. The molecule has 7 heteroatoms. The Labute approximate surface area is 188 Å². The molecule has 2 aromatic rings. The highest BCUT2D eigenvalue weighted by Crippen LogP contribution is 2.44. The summed E-state index contributed by atoms with van der Waals surface area (Å²) in [6.45, 7) is 5.86. The zero-order chi connectivity index (χ0) is 22.6. The lowest BCUT2D eigenvalue weighted by Crippen LogP contribution is -2.15. The maximum absolute atomic E-state index is 10.9. The first-order valence-electron chi connectivity index (χ1n) is 11.1. The highest BCUT2D eigenvalue weighted by atomic mass is 16.6. The number of rotatable bonds is 14. The van der Waals surface area contributed by atoms with E-state index in [1.807, 2.05) is 18.2 Å². The summed E-state index contributed by atoms with van der Waals surface area (Å²) in [5.41, 5.74) is 2.41.